The van der Waals surface area contributed by atoms with Gasteiger partial charge in [-0.05, 0) is 83.9 Å². The lowest BCUT2D eigenvalue weighted by molar-refractivity contribution is 1.29. The number of pyridine rings is 1. The summed E-state index contributed by atoms with van der Waals surface area (Å²) in [5.41, 5.74) is 10.2. The Balaban J connectivity index is 1.33. The Bertz CT molecular complexity index is 2000. The summed E-state index contributed by atoms with van der Waals surface area (Å²) in [6.45, 7) is 0. The van der Waals surface area contributed by atoms with E-state index in [1.165, 1.54) is 27.1 Å². The fourth-order valence-corrected chi connectivity index (χ4v) is 5.74. The number of fused-ring (bicyclic) bond motifs is 6. The molecule has 2 N–H and O–H groups in total. The number of rotatable bonds is 4. The highest BCUT2D eigenvalue weighted by Gasteiger charge is 2.16. The fraction of sp³-hybridized carbons (Fsp3) is 0. The first-order valence-electron chi connectivity index (χ1n) is 13.1. The third kappa shape index (κ3) is 3.57. The summed E-state index contributed by atoms with van der Waals surface area (Å²) in [6, 6.07) is 43.2. The van der Waals surface area contributed by atoms with Crippen LogP contribution in [-0.2, 0) is 0 Å². The van der Waals surface area contributed by atoms with Crippen LogP contribution in [0.5, 0.6) is 0 Å². The molecule has 184 valence electrons. The van der Waals surface area contributed by atoms with Crippen LogP contribution in [0.2, 0.25) is 0 Å². The van der Waals surface area contributed by atoms with Gasteiger partial charge in [-0.3, -0.25) is 4.98 Å². The van der Waals surface area contributed by atoms with E-state index in [9.17, 15) is 0 Å². The van der Waals surface area contributed by atoms with Crippen LogP contribution >= 0.6 is 0 Å². The molecule has 39 heavy (non-hydrogen) atoms. The highest BCUT2D eigenvalue weighted by molar-refractivity contribution is 6.10. The highest BCUT2D eigenvalue weighted by Crippen LogP contribution is 2.40. The molecule has 4 heteroatoms. The molecule has 0 bridgehead atoms. The molecule has 0 saturated heterocycles. The van der Waals surface area contributed by atoms with Gasteiger partial charge in [0.15, 0.2) is 0 Å². The highest BCUT2D eigenvalue weighted by atomic mass is 15.1. The number of anilines is 3. The lowest BCUT2D eigenvalue weighted by atomic mass is 10.1. The third-order valence-corrected chi connectivity index (χ3v) is 7.64. The zero-order valence-corrected chi connectivity index (χ0v) is 21.1. The molecule has 0 saturated carbocycles. The van der Waals surface area contributed by atoms with Crippen LogP contribution < -0.4 is 4.90 Å². The molecule has 4 nitrogen and oxygen atoms in total. The van der Waals surface area contributed by atoms with Crippen molar-refractivity contribution in [3.8, 4) is 11.1 Å². The van der Waals surface area contributed by atoms with E-state index in [4.69, 9.17) is 0 Å². The third-order valence-electron chi connectivity index (χ3n) is 7.64. The van der Waals surface area contributed by atoms with Crippen molar-refractivity contribution in [3.63, 3.8) is 0 Å². The van der Waals surface area contributed by atoms with Gasteiger partial charge < -0.3 is 14.9 Å². The Morgan fingerprint density at radius 3 is 1.44 bits per heavy atom. The van der Waals surface area contributed by atoms with Crippen LogP contribution in [0.3, 0.4) is 0 Å². The lowest BCUT2D eigenvalue weighted by Gasteiger charge is -2.26. The number of aromatic amines is 2. The van der Waals surface area contributed by atoms with Crippen LogP contribution in [0.1, 0.15) is 0 Å². The molecule has 5 aromatic carbocycles. The van der Waals surface area contributed by atoms with Gasteiger partial charge in [0.25, 0.3) is 0 Å². The number of benzene rings is 5. The Morgan fingerprint density at radius 1 is 0.410 bits per heavy atom. The maximum Gasteiger partial charge on any atom is 0.0469 e. The molecule has 0 aliphatic rings. The normalized spacial score (nSPS) is 11.6. The Hall–Kier alpha value is -5.35. The number of nitrogens with zero attached hydrogens (tertiary/aromatic N) is 2. The number of para-hydroxylation sites is 2. The van der Waals surface area contributed by atoms with Gasteiger partial charge in [0.2, 0.25) is 0 Å². The average molecular weight is 501 g/mol. The van der Waals surface area contributed by atoms with Gasteiger partial charge >= 0.3 is 0 Å². The van der Waals surface area contributed by atoms with Crippen LogP contribution in [0.25, 0.3) is 54.7 Å². The number of hydrogen-bond acceptors (Lipinski definition) is 2. The van der Waals surface area contributed by atoms with Gasteiger partial charge in [0, 0.05) is 73.1 Å². The van der Waals surface area contributed by atoms with E-state index in [0.717, 1.165) is 44.7 Å². The second kappa shape index (κ2) is 8.61. The summed E-state index contributed by atoms with van der Waals surface area (Å²) in [7, 11) is 0. The number of aromatic nitrogens is 3. The molecule has 0 aliphatic heterocycles. The standard InChI is InChI=1S/C35H24N4/c1-3-7-32-28(5-1)30-21-26(13-15-34(30)37-32)39(25-11-9-23(10-12-25)24-17-19-36-20-18-24)27-14-16-35-31(22-27)29-6-2-4-8-33(29)38-35/h1-22,37-38H. The maximum atomic E-state index is 4.17. The zero-order chi connectivity index (χ0) is 25.8. The molecule has 0 fully saturated rings. The van der Waals surface area contributed by atoms with Gasteiger partial charge in [0.05, 0.1) is 0 Å². The van der Waals surface area contributed by atoms with Crippen molar-refractivity contribution in [1.29, 1.82) is 0 Å². The van der Waals surface area contributed by atoms with Gasteiger partial charge in [-0.15, -0.1) is 0 Å². The Kier molecular flexibility index (Phi) is 4.79. The van der Waals surface area contributed by atoms with Crippen LogP contribution in [0.4, 0.5) is 17.1 Å². The first kappa shape index (κ1) is 21.7. The molecule has 0 atom stereocenters. The summed E-state index contributed by atoms with van der Waals surface area (Å²) in [6.07, 6.45) is 3.67. The summed E-state index contributed by atoms with van der Waals surface area (Å²) < 4.78 is 0. The molecular formula is C35H24N4. The molecule has 8 aromatic rings. The van der Waals surface area contributed by atoms with Crippen LogP contribution in [0.15, 0.2) is 134 Å². The van der Waals surface area contributed by atoms with Crippen molar-refractivity contribution in [1.82, 2.24) is 15.0 Å². The summed E-state index contributed by atoms with van der Waals surface area (Å²) in [4.78, 5) is 13.6. The molecular weight excluding hydrogens is 476 g/mol. The molecule has 0 amide bonds. The average Bonchev–Trinajstić information content (AvgIpc) is 3.56. The van der Waals surface area contributed by atoms with Crippen LogP contribution in [-0.4, -0.2) is 15.0 Å². The van der Waals surface area contributed by atoms with Crippen molar-refractivity contribution in [2.24, 2.45) is 0 Å². The first-order valence-corrected chi connectivity index (χ1v) is 13.1. The maximum absolute atomic E-state index is 4.17. The minimum absolute atomic E-state index is 1.10. The van der Waals surface area contributed by atoms with Gasteiger partial charge in [-0.25, -0.2) is 0 Å². The van der Waals surface area contributed by atoms with Gasteiger partial charge in [0.1, 0.15) is 0 Å². The van der Waals surface area contributed by atoms with Crippen molar-refractivity contribution in [2.45, 2.75) is 0 Å². The SMILES string of the molecule is c1ccc2c(c1)[nH]c1ccc(N(c3ccc(-c4ccncc4)cc3)c3ccc4[nH]c5ccccc5c4c3)cc12. The topological polar surface area (TPSA) is 47.7 Å². The van der Waals surface area contributed by atoms with E-state index in [1.54, 1.807) is 0 Å². The monoisotopic (exact) mass is 500 g/mol. The molecule has 8 rings (SSSR count). The largest absolute Gasteiger partial charge is 0.355 e. The zero-order valence-electron chi connectivity index (χ0n) is 21.1. The van der Waals surface area contributed by atoms with Crippen molar-refractivity contribution in [3.05, 3.63) is 134 Å². The number of hydrogen-bond donors (Lipinski definition) is 2. The predicted molar refractivity (Wildman–Crippen MR) is 163 cm³/mol. The van der Waals surface area contributed by atoms with E-state index < -0.39 is 0 Å². The van der Waals surface area contributed by atoms with E-state index >= 15 is 0 Å². The molecule has 3 heterocycles. The number of H-pyrrole nitrogens is 2. The molecule has 0 unspecified atom stereocenters. The van der Waals surface area contributed by atoms with Crippen molar-refractivity contribution < 1.29 is 0 Å². The fourth-order valence-electron chi connectivity index (χ4n) is 5.74. The quantitative estimate of drug-likeness (QED) is 0.253. The minimum Gasteiger partial charge on any atom is -0.355 e. The summed E-state index contributed by atoms with van der Waals surface area (Å²) in [5.74, 6) is 0. The Morgan fingerprint density at radius 2 is 0.872 bits per heavy atom. The van der Waals surface area contributed by atoms with Crippen molar-refractivity contribution >= 4 is 60.7 Å². The smallest absolute Gasteiger partial charge is 0.0469 e. The first-order chi connectivity index (χ1) is 19.3. The summed E-state index contributed by atoms with van der Waals surface area (Å²) >= 11 is 0. The van der Waals surface area contributed by atoms with E-state index in [-0.39, 0.29) is 0 Å². The molecule has 0 spiro atoms. The van der Waals surface area contributed by atoms with Gasteiger partial charge in [-0.2, -0.15) is 0 Å². The summed E-state index contributed by atoms with van der Waals surface area (Å²) in [5, 5.41) is 4.90. The predicted octanol–water partition coefficient (Wildman–Crippen LogP) is 9.49. The van der Waals surface area contributed by atoms with E-state index in [0.29, 0.717) is 0 Å². The van der Waals surface area contributed by atoms with Gasteiger partial charge in [-0.1, -0.05) is 48.5 Å². The molecule has 0 radical (unpaired) electrons. The van der Waals surface area contributed by atoms with E-state index in [2.05, 4.69) is 129 Å². The second-order valence-electron chi connectivity index (χ2n) is 9.92. The minimum atomic E-state index is 1.10. The van der Waals surface area contributed by atoms with Crippen LogP contribution in [0, 0.1) is 0 Å². The molecule has 3 aromatic heterocycles. The second-order valence-corrected chi connectivity index (χ2v) is 9.92. The van der Waals surface area contributed by atoms with E-state index in [1.807, 2.05) is 24.5 Å². The molecule has 0 aliphatic carbocycles. The Labute approximate surface area is 225 Å². The lowest BCUT2D eigenvalue weighted by Crippen LogP contribution is -2.09. The number of nitrogens with one attached hydrogen (secondary N) is 2. The van der Waals surface area contributed by atoms with Crippen molar-refractivity contribution in [2.75, 3.05) is 4.90 Å².